The van der Waals surface area contributed by atoms with Crippen LogP contribution in [0.1, 0.15) is 31.4 Å². The van der Waals surface area contributed by atoms with Crippen molar-refractivity contribution >= 4 is 40.7 Å². The normalized spacial score (nSPS) is 18.8. The van der Waals surface area contributed by atoms with Crippen LogP contribution < -0.4 is 10.2 Å². The Balaban J connectivity index is 2.05. The predicted molar refractivity (Wildman–Crippen MR) is 102 cm³/mol. The van der Waals surface area contributed by atoms with Gasteiger partial charge in [-0.15, -0.1) is 5.10 Å². The number of amides is 1. The number of carbonyl (C=O) groups excluding carboxylic acids is 1. The molecule has 0 saturated carbocycles. The zero-order valence-electron chi connectivity index (χ0n) is 14.5. The third kappa shape index (κ3) is 5.06. The number of hydrogen-bond acceptors (Lipinski definition) is 6. The van der Waals surface area contributed by atoms with E-state index in [0.29, 0.717) is 5.17 Å². The van der Waals surface area contributed by atoms with E-state index in [1.54, 1.807) is 6.21 Å². The van der Waals surface area contributed by atoms with Gasteiger partial charge in [0.25, 0.3) is 0 Å². The summed E-state index contributed by atoms with van der Waals surface area (Å²) in [5.74, 6) is -1.36. The van der Waals surface area contributed by atoms with Gasteiger partial charge in [0, 0.05) is 18.8 Å². The molecule has 2 rings (SSSR count). The predicted octanol–water partition coefficient (Wildman–Crippen LogP) is 2.24. The Kier molecular flexibility index (Phi) is 6.58. The fraction of sp³-hybridized carbons (Fsp3) is 0.412. The fourth-order valence-electron chi connectivity index (χ4n) is 2.48. The van der Waals surface area contributed by atoms with Gasteiger partial charge in [0.15, 0.2) is 5.17 Å². The Labute approximate surface area is 151 Å². The van der Waals surface area contributed by atoms with Crippen LogP contribution in [0.15, 0.2) is 28.4 Å². The van der Waals surface area contributed by atoms with Crippen LogP contribution in [0.4, 0.5) is 5.69 Å². The van der Waals surface area contributed by atoms with Crippen LogP contribution >= 0.6 is 11.8 Å². The van der Waals surface area contributed by atoms with Crippen molar-refractivity contribution in [3.63, 3.8) is 0 Å². The lowest BCUT2D eigenvalue weighted by molar-refractivity contribution is -0.138. The molecule has 1 aromatic rings. The Morgan fingerprint density at radius 3 is 2.72 bits per heavy atom. The first-order valence-corrected chi connectivity index (χ1v) is 8.98. The maximum absolute atomic E-state index is 11.6. The second-order valence-electron chi connectivity index (χ2n) is 5.56. The molecule has 1 atom stereocenters. The lowest BCUT2D eigenvalue weighted by Crippen LogP contribution is -2.26. The van der Waals surface area contributed by atoms with Gasteiger partial charge in [0.1, 0.15) is 5.25 Å². The summed E-state index contributed by atoms with van der Waals surface area (Å²) < 4.78 is 0. The SMILES string of the molecule is CCN(CC)c1ccc(C=NN=C2NC(=O)C(CC(=O)O)S2)c(C)c1. The van der Waals surface area contributed by atoms with Gasteiger partial charge in [-0.3, -0.25) is 9.59 Å². The van der Waals surface area contributed by atoms with E-state index < -0.39 is 11.2 Å². The number of nitrogens with zero attached hydrogens (tertiary/aromatic N) is 3. The first-order valence-electron chi connectivity index (χ1n) is 8.10. The molecule has 1 saturated heterocycles. The number of rotatable bonds is 7. The smallest absolute Gasteiger partial charge is 0.305 e. The van der Waals surface area contributed by atoms with Crippen LogP contribution in [0, 0.1) is 6.92 Å². The molecule has 1 aliphatic rings. The van der Waals surface area contributed by atoms with Crippen LogP contribution in [0.25, 0.3) is 0 Å². The molecule has 1 unspecified atom stereocenters. The topological polar surface area (TPSA) is 94.4 Å². The number of nitrogens with one attached hydrogen (secondary N) is 1. The third-order valence-electron chi connectivity index (χ3n) is 3.86. The highest BCUT2D eigenvalue weighted by Gasteiger charge is 2.32. The number of aliphatic carboxylic acids is 1. The van der Waals surface area contributed by atoms with Gasteiger partial charge < -0.3 is 15.3 Å². The molecule has 0 aromatic heterocycles. The van der Waals surface area contributed by atoms with E-state index in [0.717, 1.165) is 36.0 Å². The van der Waals surface area contributed by atoms with E-state index >= 15 is 0 Å². The van der Waals surface area contributed by atoms with Crippen LogP contribution in [-0.4, -0.2) is 46.7 Å². The molecule has 1 aromatic carbocycles. The largest absolute Gasteiger partial charge is 0.481 e. The minimum absolute atomic E-state index is 0.231. The van der Waals surface area contributed by atoms with Crippen LogP contribution in [0.5, 0.6) is 0 Å². The van der Waals surface area contributed by atoms with Gasteiger partial charge >= 0.3 is 5.97 Å². The van der Waals surface area contributed by atoms with Crippen molar-refractivity contribution < 1.29 is 14.7 Å². The first-order chi connectivity index (χ1) is 11.9. The lowest BCUT2D eigenvalue weighted by Gasteiger charge is -2.21. The number of anilines is 1. The van der Waals surface area contributed by atoms with Gasteiger partial charge in [0.05, 0.1) is 12.6 Å². The van der Waals surface area contributed by atoms with Crippen molar-refractivity contribution in [2.45, 2.75) is 32.4 Å². The third-order valence-corrected chi connectivity index (χ3v) is 4.94. The molecule has 2 N–H and O–H groups in total. The number of amidine groups is 1. The average Bonchev–Trinajstić information content (AvgIpc) is 2.89. The minimum atomic E-state index is -1.01. The van der Waals surface area contributed by atoms with Gasteiger partial charge in [-0.25, -0.2) is 0 Å². The molecule has 0 spiro atoms. The molecule has 25 heavy (non-hydrogen) atoms. The summed E-state index contributed by atoms with van der Waals surface area (Å²) in [6, 6.07) is 6.14. The molecule has 0 aliphatic carbocycles. The van der Waals surface area contributed by atoms with Gasteiger partial charge in [-0.2, -0.15) is 5.10 Å². The highest BCUT2D eigenvalue weighted by atomic mass is 32.2. The van der Waals surface area contributed by atoms with Gasteiger partial charge in [-0.05, 0) is 44.0 Å². The van der Waals surface area contributed by atoms with E-state index in [1.807, 2.05) is 19.1 Å². The number of carboxylic acids is 1. The Hall–Kier alpha value is -2.35. The molecule has 134 valence electrons. The molecule has 7 nitrogen and oxygen atoms in total. The van der Waals surface area contributed by atoms with E-state index in [-0.39, 0.29) is 12.3 Å². The lowest BCUT2D eigenvalue weighted by atomic mass is 10.1. The van der Waals surface area contributed by atoms with Crippen molar-refractivity contribution in [2.24, 2.45) is 10.2 Å². The van der Waals surface area contributed by atoms with Crippen LogP contribution in [-0.2, 0) is 9.59 Å². The van der Waals surface area contributed by atoms with Crippen molar-refractivity contribution in [3.8, 4) is 0 Å². The van der Waals surface area contributed by atoms with E-state index in [9.17, 15) is 9.59 Å². The highest BCUT2D eigenvalue weighted by molar-refractivity contribution is 8.15. The van der Waals surface area contributed by atoms with Crippen molar-refractivity contribution in [2.75, 3.05) is 18.0 Å². The van der Waals surface area contributed by atoms with Gasteiger partial charge in [0.2, 0.25) is 5.91 Å². The summed E-state index contributed by atoms with van der Waals surface area (Å²) in [6.45, 7) is 8.15. The minimum Gasteiger partial charge on any atom is -0.481 e. The summed E-state index contributed by atoms with van der Waals surface area (Å²) in [5.41, 5.74) is 3.19. The zero-order valence-corrected chi connectivity index (χ0v) is 15.3. The molecule has 0 bridgehead atoms. The van der Waals surface area contributed by atoms with Crippen molar-refractivity contribution in [1.82, 2.24) is 5.32 Å². The molecule has 1 aliphatic heterocycles. The molecule has 1 heterocycles. The molecular weight excluding hydrogens is 340 g/mol. The van der Waals surface area contributed by atoms with Crippen LogP contribution in [0.3, 0.4) is 0 Å². The van der Waals surface area contributed by atoms with Crippen molar-refractivity contribution in [3.05, 3.63) is 29.3 Å². The Bertz CT molecular complexity index is 714. The second kappa shape index (κ2) is 8.66. The summed E-state index contributed by atoms with van der Waals surface area (Å²) in [7, 11) is 0. The second-order valence-corrected chi connectivity index (χ2v) is 6.75. The number of carboxylic acid groups (broad SMARTS) is 1. The average molecular weight is 362 g/mol. The summed E-state index contributed by atoms with van der Waals surface area (Å²) in [5, 5.41) is 19.0. The maximum Gasteiger partial charge on any atom is 0.305 e. The summed E-state index contributed by atoms with van der Waals surface area (Å²) >= 11 is 1.09. The fourth-order valence-corrected chi connectivity index (χ4v) is 3.39. The monoisotopic (exact) mass is 362 g/mol. The maximum atomic E-state index is 11.6. The summed E-state index contributed by atoms with van der Waals surface area (Å²) in [6.07, 6.45) is 1.40. The van der Waals surface area contributed by atoms with Gasteiger partial charge in [-0.1, -0.05) is 17.8 Å². The number of thioether (sulfide) groups is 1. The molecular formula is C17H22N4O3S. The first kappa shape index (κ1) is 19.0. The number of carbonyl (C=O) groups is 2. The quantitative estimate of drug-likeness (QED) is 0.573. The van der Waals surface area contributed by atoms with E-state index in [1.165, 1.54) is 5.69 Å². The molecule has 1 fully saturated rings. The Morgan fingerprint density at radius 2 is 2.12 bits per heavy atom. The number of benzene rings is 1. The molecule has 0 radical (unpaired) electrons. The van der Waals surface area contributed by atoms with E-state index in [2.05, 4.69) is 40.3 Å². The van der Waals surface area contributed by atoms with Crippen LogP contribution in [0.2, 0.25) is 0 Å². The Morgan fingerprint density at radius 1 is 1.40 bits per heavy atom. The summed E-state index contributed by atoms with van der Waals surface area (Å²) in [4.78, 5) is 24.6. The highest BCUT2D eigenvalue weighted by Crippen LogP contribution is 2.22. The standard InChI is InChI=1S/C17H22N4O3S/c1-4-21(5-2)13-7-6-12(11(3)8-13)10-18-20-17-19-16(24)14(25-17)9-15(22)23/h6-8,10,14H,4-5,9H2,1-3H3,(H,22,23)(H,19,20,24). The number of aryl methyl sites for hydroxylation is 1. The molecule has 1 amide bonds. The number of hydrogen-bond donors (Lipinski definition) is 2. The molecule has 8 heteroatoms. The zero-order chi connectivity index (χ0) is 18.4. The van der Waals surface area contributed by atoms with Crippen molar-refractivity contribution in [1.29, 1.82) is 0 Å². The van der Waals surface area contributed by atoms with E-state index in [4.69, 9.17) is 5.11 Å².